The molecule has 0 radical (unpaired) electrons. The van der Waals surface area contributed by atoms with Gasteiger partial charge in [0, 0.05) is 16.7 Å². The first kappa shape index (κ1) is 40.8. The monoisotopic (exact) mass is 836 g/mol. The molecule has 8 atom stereocenters. The van der Waals surface area contributed by atoms with E-state index in [1.165, 1.54) is 86.5 Å². The third kappa shape index (κ3) is 7.55. The lowest BCUT2D eigenvalue weighted by Crippen LogP contribution is -2.42. The first-order valence-electron chi connectivity index (χ1n) is 24.2. The van der Waals surface area contributed by atoms with Gasteiger partial charge < -0.3 is 0 Å². The van der Waals surface area contributed by atoms with Crippen LogP contribution in [-0.2, 0) is 10.8 Å². The largest absolute Gasteiger partial charge is 0.208 e. The van der Waals surface area contributed by atoms with Crippen molar-refractivity contribution in [2.24, 2.45) is 35.5 Å². The van der Waals surface area contributed by atoms with Crippen molar-refractivity contribution in [1.29, 1.82) is 5.26 Å². The van der Waals surface area contributed by atoms with Crippen LogP contribution in [0.4, 0.5) is 0 Å². The Labute approximate surface area is 380 Å². The van der Waals surface area contributed by atoms with Crippen molar-refractivity contribution in [1.82, 2.24) is 15.0 Å². The number of nitrogens with zero attached hydrogens (tertiary/aromatic N) is 4. The fourth-order valence-electron chi connectivity index (χ4n) is 14.2. The maximum atomic E-state index is 9.47. The van der Waals surface area contributed by atoms with Gasteiger partial charge in [-0.2, -0.15) is 5.26 Å². The average molecular weight is 837 g/mol. The van der Waals surface area contributed by atoms with E-state index >= 15 is 0 Å². The van der Waals surface area contributed by atoms with Gasteiger partial charge in [0.2, 0.25) is 0 Å². The van der Waals surface area contributed by atoms with Gasteiger partial charge in [-0.15, -0.1) is 0 Å². The van der Waals surface area contributed by atoms with E-state index in [2.05, 4.69) is 143 Å². The van der Waals surface area contributed by atoms with E-state index in [4.69, 9.17) is 15.0 Å². The summed E-state index contributed by atoms with van der Waals surface area (Å²) in [5.41, 5.74) is 11.7. The van der Waals surface area contributed by atoms with Crippen molar-refractivity contribution >= 4 is 10.8 Å². The Morgan fingerprint density at radius 2 is 0.875 bits per heavy atom. The highest BCUT2D eigenvalue weighted by Gasteiger charge is 2.46. The van der Waals surface area contributed by atoms with Crippen molar-refractivity contribution in [3.8, 4) is 62.5 Å². The number of hydrogen-bond acceptors (Lipinski definition) is 4. The highest BCUT2D eigenvalue weighted by Crippen LogP contribution is 2.55. The van der Waals surface area contributed by atoms with Crippen LogP contribution in [0.15, 0.2) is 133 Å². The maximum absolute atomic E-state index is 9.47. The number of rotatable bonds is 7. The first-order chi connectivity index (χ1) is 31.1. The van der Waals surface area contributed by atoms with E-state index in [1.807, 2.05) is 24.3 Å². The molecule has 0 N–H and O–H groups in total. The number of nitriles is 1. The zero-order valence-electron chi connectivity index (χ0n) is 38.0. The van der Waals surface area contributed by atoms with E-state index < -0.39 is 0 Å². The SMILES string of the molecule is C[C@@H]1C[C@@H]2C[C@H](C)CC(c3ccc(-c4cccc(-c5nc(-c6ccc(C78C[C@H](C)C[C@H](C[C@H](C)C7)C8)cc6)nc(-c6ccc(-c7ccc(C#N)cc7)c7ccccc67)n5)c4)cc3)(C1)C2. The van der Waals surface area contributed by atoms with E-state index in [1.54, 1.807) is 0 Å². The fraction of sp³-hybridized carbons (Fsp3) is 0.367. The molecule has 2 unspecified atom stereocenters. The summed E-state index contributed by atoms with van der Waals surface area (Å²) in [7, 11) is 0. The third-order valence-corrected chi connectivity index (χ3v) is 16.1. The molecule has 320 valence electrons. The molecule has 4 bridgehead atoms. The van der Waals surface area contributed by atoms with Crippen LogP contribution in [0.5, 0.6) is 0 Å². The minimum absolute atomic E-state index is 0.258. The molecular formula is C60H60N4. The van der Waals surface area contributed by atoms with Gasteiger partial charge in [-0.05, 0) is 179 Å². The summed E-state index contributed by atoms with van der Waals surface area (Å²) in [5, 5.41) is 11.7. The molecule has 0 aliphatic heterocycles. The number of benzene rings is 6. The average Bonchev–Trinajstić information content (AvgIpc) is 3.30. The van der Waals surface area contributed by atoms with Gasteiger partial charge in [0.1, 0.15) is 0 Å². The Morgan fingerprint density at radius 3 is 1.42 bits per heavy atom. The number of fused-ring (bicyclic) bond motifs is 5. The maximum Gasteiger partial charge on any atom is 0.164 e. The van der Waals surface area contributed by atoms with E-state index in [0.29, 0.717) is 28.5 Å². The first-order valence-corrected chi connectivity index (χ1v) is 24.2. The van der Waals surface area contributed by atoms with Crippen molar-refractivity contribution in [2.75, 3.05) is 0 Å². The Morgan fingerprint density at radius 1 is 0.422 bits per heavy atom. The van der Waals surface area contributed by atoms with Gasteiger partial charge in [0.05, 0.1) is 11.6 Å². The minimum atomic E-state index is 0.258. The summed E-state index contributed by atoms with van der Waals surface area (Å²) in [5.74, 6) is 6.80. The van der Waals surface area contributed by atoms with Gasteiger partial charge >= 0.3 is 0 Å². The zero-order valence-corrected chi connectivity index (χ0v) is 38.0. The molecule has 0 spiro atoms. The van der Waals surface area contributed by atoms with Crippen LogP contribution < -0.4 is 0 Å². The van der Waals surface area contributed by atoms with Gasteiger partial charge in [-0.25, -0.2) is 15.0 Å². The fourth-order valence-corrected chi connectivity index (χ4v) is 14.2. The standard InChI is InChI=1S/C60H60N4/c1-38-26-43-27-39(2)32-59(31-38,35-43)50-20-16-45(17-21-50)48-8-7-9-49(30-48)57-62-56(47-18-22-51(23-19-47)60-33-40(3)28-44(36-60)29-41(4)34-60)63-58(64-57)55-25-24-52(53-10-5-6-11-54(53)55)46-14-12-42(37-61)13-15-46/h5-25,30,38-41,43-44H,26-29,31-36H2,1-4H3/t38-,39+,40-,41+,43-,44-,59?,60?. The van der Waals surface area contributed by atoms with Crippen LogP contribution in [0.25, 0.3) is 67.2 Å². The minimum Gasteiger partial charge on any atom is -0.208 e. The molecule has 4 aliphatic carbocycles. The lowest BCUT2D eigenvalue weighted by atomic mass is 9.54. The summed E-state index contributed by atoms with van der Waals surface area (Å²) < 4.78 is 0. The highest BCUT2D eigenvalue weighted by atomic mass is 15.0. The topological polar surface area (TPSA) is 62.5 Å². The van der Waals surface area contributed by atoms with Gasteiger partial charge in [0.25, 0.3) is 0 Å². The second kappa shape index (κ2) is 16.3. The lowest BCUT2D eigenvalue weighted by Gasteiger charge is -2.50. The summed E-state index contributed by atoms with van der Waals surface area (Å²) in [6, 6.07) is 50.6. The van der Waals surface area contributed by atoms with Crippen molar-refractivity contribution < 1.29 is 0 Å². The summed E-state index contributed by atoms with van der Waals surface area (Å²) in [6.45, 7) is 9.88. The molecule has 4 fully saturated rings. The van der Waals surface area contributed by atoms with Crippen molar-refractivity contribution in [3.63, 3.8) is 0 Å². The molecule has 1 heterocycles. The van der Waals surface area contributed by atoms with Gasteiger partial charge in [0.15, 0.2) is 17.5 Å². The van der Waals surface area contributed by atoms with E-state index in [0.717, 1.165) is 74.1 Å². The van der Waals surface area contributed by atoms with Gasteiger partial charge in [-0.3, -0.25) is 0 Å². The Bertz CT molecular complexity index is 2850. The Kier molecular flexibility index (Phi) is 10.4. The van der Waals surface area contributed by atoms with Gasteiger partial charge in [-0.1, -0.05) is 137 Å². The van der Waals surface area contributed by atoms with Crippen LogP contribution in [0.2, 0.25) is 0 Å². The molecule has 11 rings (SSSR count). The molecule has 1 aromatic heterocycles. The normalized spacial score (nSPS) is 27.5. The second-order valence-electron chi connectivity index (χ2n) is 21.3. The van der Waals surface area contributed by atoms with E-state index in [-0.39, 0.29) is 5.41 Å². The van der Waals surface area contributed by atoms with Crippen molar-refractivity contribution in [3.05, 3.63) is 150 Å². The Hall–Kier alpha value is -5.92. The predicted octanol–water partition coefficient (Wildman–Crippen LogP) is 15.4. The molecule has 0 saturated heterocycles. The molecule has 4 saturated carbocycles. The summed E-state index contributed by atoms with van der Waals surface area (Å²) >= 11 is 0. The second-order valence-corrected chi connectivity index (χ2v) is 21.3. The van der Waals surface area contributed by atoms with Crippen LogP contribution in [0.3, 0.4) is 0 Å². The number of aromatic nitrogens is 3. The molecule has 0 amide bonds. The Balaban J connectivity index is 0.994. The molecule has 4 aliphatic rings. The molecule has 7 aromatic rings. The van der Waals surface area contributed by atoms with Crippen LogP contribution >= 0.6 is 0 Å². The zero-order chi connectivity index (χ0) is 43.6. The molecule has 4 nitrogen and oxygen atoms in total. The quantitative estimate of drug-likeness (QED) is 0.160. The lowest BCUT2D eigenvalue weighted by molar-refractivity contribution is 0.0779. The molecule has 4 heteroatoms. The number of hydrogen-bond donors (Lipinski definition) is 0. The predicted molar refractivity (Wildman–Crippen MR) is 262 cm³/mol. The summed E-state index contributed by atoms with van der Waals surface area (Å²) in [4.78, 5) is 15.9. The highest BCUT2D eigenvalue weighted by molar-refractivity contribution is 6.04. The third-order valence-electron chi connectivity index (χ3n) is 16.1. The summed E-state index contributed by atoms with van der Waals surface area (Å²) in [6.07, 6.45) is 13.3. The van der Waals surface area contributed by atoms with Crippen molar-refractivity contribution in [2.45, 2.75) is 103 Å². The van der Waals surface area contributed by atoms with Crippen LogP contribution in [-0.4, -0.2) is 15.0 Å². The van der Waals surface area contributed by atoms with Crippen LogP contribution in [0.1, 0.15) is 109 Å². The smallest absolute Gasteiger partial charge is 0.164 e. The van der Waals surface area contributed by atoms with E-state index in [9.17, 15) is 5.26 Å². The van der Waals surface area contributed by atoms with Crippen LogP contribution in [0, 0.1) is 46.8 Å². The molecular weight excluding hydrogens is 777 g/mol. The molecule has 6 aromatic carbocycles. The molecule has 64 heavy (non-hydrogen) atoms.